The quantitative estimate of drug-likeness (QED) is 0.0597. The standard InChI is InChI=1S/C51H65ClN8O6/c1-33(56-28-34-12-19-38(20-13-34)60-32-54-31-57-60)44-25-39(61)29-59(44)46(64)42(49(2,3)4)24-40(62)30-65-23-11-9-10-22-55-37-17-14-35(15-18-37)45(63)58-47-50(5,6)48(51(47,7)8)66-41-21-16-36(27-53)43(52)26-41/h12-21,26,31-32,39,42,44,47-48,55-56,61H,1,9-11,22-25,28-30H2,2-8H3,(H,58,63)/t39-,42-,44+,47?,48?/m1/s1. The fourth-order valence-corrected chi connectivity index (χ4v) is 9.77. The number of halogens is 1. The molecule has 3 atom stereocenters. The molecule has 66 heavy (non-hydrogen) atoms. The Hall–Kier alpha value is -5.75. The summed E-state index contributed by atoms with van der Waals surface area (Å²) >= 11 is 6.24. The molecule has 1 aliphatic carbocycles. The van der Waals surface area contributed by atoms with E-state index in [0.29, 0.717) is 47.2 Å². The predicted octanol–water partition coefficient (Wildman–Crippen LogP) is 7.89. The summed E-state index contributed by atoms with van der Waals surface area (Å²) in [6, 6.07) is 21.9. The average Bonchev–Trinajstić information content (AvgIpc) is 3.97. The zero-order chi connectivity index (χ0) is 47.8. The van der Waals surface area contributed by atoms with Crippen LogP contribution in [0.3, 0.4) is 0 Å². The third-order valence-corrected chi connectivity index (χ3v) is 13.3. The van der Waals surface area contributed by atoms with Gasteiger partial charge in [-0.3, -0.25) is 14.4 Å². The number of nitriles is 1. The predicted molar refractivity (Wildman–Crippen MR) is 255 cm³/mol. The first-order valence-electron chi connectivity index (χ1n) is 22.7. The Kier molecular flexibility index (Phi) is 16.0. The molecule has 2 aliphatic rings. The number of rotatable bonds is 21. The molecule has 1 saturated heterocycles. The summed E-state index contributed by atoms with van der Waals surface area (Å²) in [5, 5.41) is 34.4. The molecule has 1 aromatic heterocycles. The van der Waals surface area contributed by atoms with Crippen molar-refractivity contribution in [2.75, 3.05) is 31.6 Å². The number of benzene rings is 3. The molecule has 1 saturated carbocycles. The Morgan fingerprint density at radius 1 is 1.02 bits per heavy atom. The summed E-state index contributed by atoms with van der Waals surface area (Å²) in [6.07, 6.45) is 5.23. The number of hydrogen-bond donors (Lipinski definition) is 4. The summed E-state index contributed by atoms with van der Waals surface area (Å²) in [7, 11) is 0. The van der Waals surface area contributed by atoms with Crippen LogP contribution in [-0.4, -0.2) is 93.0 Å². The number of Topliss-reactive ketones (excluding diaryl/α,β-unsaturated/α-hetero) is 1. The summed E-state index contributed by atoms with van der Waals surface area (Å²) in [5.74, 6) is -0.458. The van der Waals surface area contributed by atoms with Crippen LogP contribution in [0.2, 0.25) is 5.02 Å². The molecule has 2 fully saturated rings. The number of hydrogen-bond acceptors (Lipinski definition) is 11. The van der Waals surface area contributed by atoms with Gasteiger partial charge in [-0.15, -0.1) is 0 Å². The second-order valence-corrected chi connectivity index (χ2v) is 20.3. The van der Waals surface area contributed by atoms with Crippen molar-refractivity contribution in [2.45, 2.75) is 111 Å². The third-order valence-electron chi connectivity index (χ3n) is 13.0. The van der Waals surface area contributed by atoms with Gasteiger partial charge in [-0.25, -0.2) is 9.67 Å². The summed E-state index contributed by atoms with van der Waals surface area (Å²) in [4.78, 5) is 46.4. The van der Waals surface area contributed by atoms with Gasteiger partial charge in [0.1, 0.15) is 37.2 Å². The van der Waals surface area contributed by atoms with Crippen LogP contribution in [-0.2, 0) is 20.9 Å². The van der Waals surface area contributed by atoms with Gasteiger partial charge in [-0.05, 0) is 78.8 Å². The normalized spacial score (nSPS) is 20.1. The molecule has 4 aromatic rings. The SMILES string of the molecule is C=C(NCc1ccc(-n2cncn2)cc1)[C@@H]1C[C@@H](O)CN1C(=O)[C@@H](CC(=O)COCCCCCNc1ccc(C(=O)NC2C(C)(C)C(Oc3ccc(C#N)c(Cl)c3)C2(C)C)cc1)C(C)(C)C. The van der Waals surface area contributed by atoms with E-state index in [2.05, 4.69) is 66.4 Å². The molecular weight excluding hydrogens is 856 g/mol. The zero-order valence-electron chi connectivity index (χ0n) is 39.3. The van der Waals surface area contributed by atoms with Crippen molar-refractivity contribution in [3.8, 4) is 17.5 Å². The number of likely N-dealkylation sites (tertiary alicyclic amines) is 1. The number of nitrogens with zero attached hydrogens (tertiary/aromatic N) is 5. The number of carbonyl (C=O) groups is 3. The summed E-state index contributed by atoms with van der Waals surface area (Å²) in [6.45, 7) is 20.2. The number of aliphatic hydroxyl groups is 1. The van der Waals surface area contributed by atoms with Gasteiger partial charge in [0, 0.05) is 84.9 Å². The van der Waals surface area contributed by atoms with Crippen LogP contribution < -0.4 is 20.7 Å². The lowest BCUT2D eigenvalue weighted by atomic mass is 9.49. The first-order valence-corrected chi connectivity index (χ1v) is 23.1. The molecule has 3 aromatic carbocycles. The van der Waals surface area contributed by atoms with E-state index in [1.165, 1.54) is 6.33 Å². The fraction of sp³-hybridized carbons (Fsp3) is 0.490. The van der Waals surface area contributed by atoms with Gasteiger partial charge in [0.2, 0.25) is 5.91 Å². The van der Waals surface area contributed by atoms with Gasteiger partial charge in [0.05, 0.1) is 28.4 Å². The van der Waals surface area contributed by atoms with Crippen molar-refractivity contribution in [1.29, 1.82) is 5.26 Å². The molecule has 0 radical (unpaired) electrons. The van der Waals surface area contributed by atoms with Crippen LogP contribution in [0.5, 0.6) is 5.75 Å². The fourth-order valence-electron chi connectivity index (χ4n) is 9.55. The van der Waals surface area contributed by atoms with E-state index >= 15 is 0 Å². The van der Waals surface area contributed by atoms with Crippen LogP contribution in [0.4, 0.5) is 5.69 Å². The maximum atomic E-state index is 14.1. The largest absolute Gasteiger partial charge is 0.489 e. The van der Waals surface area contributed by atoms with Crippen molar-refractivity contribution < 1.29 is 29.0 Å². The van der Waals surface area contributed by atoms with Crippen LogP contribution in [0.1, 0.15) is 102 Å². The Bertz CT molecular complexity index is 2340. The van der Waals surface area contributed by atoms with Crippen LogP contribution in [0, 0.1) is 33.5 Å². The van der Waals surface area contributed by atoms with Crippen molar-refractivity contribution in [3.05, 3.63) is 113 Å². The number of β-amino-alcohol motifs (C(OH)–C–C–N with tert-alkyl or cyclic N) is 1. The number of ketones is 1. The molecule has 352 valence electrons. The van der Waals surface area contributed by atoms with E-state index in [0.717, 1.165) is 42.7 Å². The monoisotopic (exact) mass is 920 g/mol. The number of aliphatic hydroxyl groups excluding tert-OH is 1. The molecule has 0 unspecified atom stereocenters. The molecule has 4 N–H and O–H groups in total. The Morgan fingerprint density at radius 2 is 1.73 bits per heavy atom. The molecule has 0 spiro atoms. The van der Waals surface area contributed by atoms with Gasteiger partial charge < -0.3 is 35.4 Å². The maximum Gasteiger partial charge on any atom is 0.251 e. The average molecular weight is 922 g/mol. The van der Waals surface area contributed by atoms with E-state index in [1.54, 1.807) is 34.1 Å². The highest BCUT2D eigenvalue weighted by molar-refractivity contribution is 6.31. The second-order valence-electron chi connectivity index (χ2n) is 19.9. The van der Waals surface area contributed by atoms with Crippen molar-refractivity contribution >= 4 is 34.9 Å². The molecule has 14 nitrogen and oxygen atoms in total. The minimum absolute atomic E-state index is 0.0487. The first-order chi connectivity index (χ1) is 31.3. The highest BCUT2D eigenvalue weighted by atomic mass is 35.5. The smallest absolute Gasteiger partial charge is 0.251 e. The maximum absolute atomic E-state index is 14.1. The Morgan fingerprint density at radius 3 is 2.36 bits per heavy atom. The lowest BCUT2D eigenvalue weighted by molar-refractivity contribution is -0.164. The van der Waals surface area contributed by atoms with Gasteiger partial charge >= 0.3 is 0 Å². The van der Waals surface area contributed by atoms with Crippen LogP contribution in [0.15, 0.2) is 91.7 Å². The van der Waals surface area contributed by atoms with Crippen LogP contribution in [0.25, 0.3) is 5.69 Å². The van der Waals surface area contributed by atoms with Gasteiger partial charge in [-0.2, -0.15) is 10.4 Å². The number of carbonyl (C=O) groups excluding carboxylic acids is 3. The summed E-state index contributed by atoms with van der Waals surface area (Å²) < 4.78 is 13.8. The van der Waals surface area contributed by atoms with E-state index in [4.69, 9.17) is 21.1 Å². The van der Waals surface area contributed by atoms with Crippen LogP contribution >= 0.6 is 11.6 Å². The summed E-state index contributed by atoms with van der Waals surface area (Å²) in [5.41, 5.74) is 3.19. The van der Waals surface area contributed by atoms with E-state index in [9.17, 15) is 24.8 Å². The minimum Gasteiger partial charge on any atom is -0.489 e. The number of nitrogens with one attached hydrogen (secondary N) is 3. The topological polar surface area (TPSA) is 184 Å². The van der Waals surface area contributed by atoms with E-state index in [-0.39, 0.29) is 60.1 Å². The highest BCUT2D eigenvalue weighted by Gasteiger charge is 2.64. The molecule has 2 heterocycles. The van der Waals surface area contributed by atoms with E-state index < -0.39 is 23.5 Å². The lowest BCUT2D eigenvalue weighted by Gasteiger charge is -2.63. The van der Waals surface area contributed by atoms with Crippen molar-refractivity contribution in [1.82, 2.24) is 30.3 Å². The van der Waals surface area contributed by atoms with Gasteiger partial charge in [0.25, 0.3) is 5.91 Å². The molecule has 1 aliphatic heterocycles. The van der Waals surface area contributed by atoms with E-state index in [1.807, 2.05) is 69.3 Å². The third kappa shape index (κ3) is 12.0. The molecule has 2 amide bonds. The molecule has 6 rings (SSSR count). The number of amides is 2. The lowest BCUT2D eigenvalue weighted by Crippen LogP contribution is -2.74. The molecular formula is C51H65ClN8O6. The van der Waals surface area contributed by atoms with Crippen molar-refractivity contribution in [2.24, 2.45) is 22.2 Å². The highest BCUT2D eigenvalue weighted by Crippen LogP contribution is 2.55. The molecule has 0 bridgehead atoms. The first kappa shape index (κ1) is 49.7. The Balaban J connectivity index is 0.875. The number of unbranched alkanes of at least 4 members (excludes halogenated alkanes) is 2. The number of ether oxygens (including phenoxy) is 2. The zero-order valence-corrected chi connectivity index (χ0v) is 40.0. The second kappa shape index (κ2) is 21.3. The van der Waals surface area contributed by atoms with Crippen molar-refractivity contribution in [3.63, 3.8) is 0 Å². The van der Waals surface area contributed by atoms with Gasteiger partial charge in [-0.1, -0.05) is 78.8 Å². The number of anilines is 1. The Labute approximate surface area is 394 Å². The number of aromatic nitrogens is 3. The van der Waals surface area contributed by atoms with Gasteiger partial charge in [0.15, 0.2) is 5.78 Å². The molecule has 15 heteroatoms. The minimum atomic E-state index is -0.688.